The molecular weight excluding hydrogens is 345 g/mol. The van der Waals surface area contributed by atoms with Gasteiger partial charge < -0.3 is 4.42 Å². The maximum atomic E-state index is 12.0. The van der Waals surface area contributed by atoms with Crippen molar-refractivity contribution < 1.29 is 21.3 Å². The minimum atomic E-state index is -4.19. The highest BCUT2D eigenvalue weighted by molar-refractivity contribution is 8.06. The van der Waals surface area contributed by atoms with E-state index in [1.165, 1.54) is 0 Å². The molecule has 0 amide bonds. The molecule has 0 saturated carbocycles. The van der Waals surface area contributed by atoms with Gasteiger partial charge in [-0.25, -0.2) is 16.8 Å². The lowest BCUT2D eigenvalue weighted by Gasteiger charge is -2.05. The van der Waals surface area contributed by atoms with Crippen molar-refractivity contribution in [2.45, 2.75) is 9.99 Å². The first kappa shape index (κ1) is 12.7. The summed E-state index contributed by atoms with van der Waals surface area (Å²) in [5.41, 5.74) is -0.0167. The highest BCUT2D eigenvalue weighted by Crippen LogP contribution is 2.50. The normalized spacial score (nSPS) is 21.5. The van der Waals surface area contributed by atoms with Crippen LogP contribution in [0.5, 0.6) is 0 Å². The molecule has 18 heavy (non-hydrogen) atoms. The van der Waals surface area contributed by atoms with Crippen LogP contribution in [0.4, 0.5) is 0 Å². The average Bonchev–Trinajstić information content (AvgIpc) is 2.81. The standard InChI is InChI=1S/C7H3Cl2NO5S3/c1-10-17(11,12)4-2-3(6(9)16-5(2)8)15-7(4)18(10,13)14/h1H3. The summed E-state index contributed by atoms with van der Waals surface area (Å²) in [4.78, 5) is -0.437. The van der Waals surface area contributed by atoms with Crippen molar-refractivity contribution in [2.75, 3.05) is 7.05 Å². The minimum Gasteiger partial charge on any atom is -0.439 e. The summed E-state index contributed by atoms with van der Waals surface area (Å²) in [6.45, 7) is 0. The molecule has 6 nitrogen and oxygen atoms in total. The second kappa shape index (κ2) is 3.41. The smallest absolute Gasteiger partial charge is 0.290 e. The molecule has 1 aliphatic heterocycles. The molecule has 0 radical (unpaired) electrons. The van der Waals surface area contributed by atoms with Crippen LogP contribution >= 0.6 is 34.5 Å². The highest BCUT2D eigenvalue weighted by atomic mass is 35.5. The molecule has 0 unspecified atom stereocenters. The summed E-state index contributed by atoms with van der Waals surface area (Å²) in [5, 5.41) is -0.610. The molecule has 0 atom stereocenters. The Morgan fingerprint density at radius 1 is 1.11 bits per heavy atom. The van der Waals surface area contributed by atoms with Crippen LogP contribution in [0.3, 0.4) is 0 Å². The zero-order valence-electron chi connectivity index (χ0n) is 8.47. The first-order valence-electron chi connectivity index (χ1n) is 4.33. The molecule has 2 aromatic heterocycles. The molecule has 11 heteroatoms. The molecule has 0 N–H and O–H groups in total. The van der Waals surface area contributed by atoms with Crippen molar-refractivity contribution in [3.05, 3.63) is 8.67 Å². The van der Waals surface area contributed by atoms with E-state index in [1.54, 1.807) is 0 Å². The van der Waals surface area contributed by atoms with Gasteiger partial charge in [0, 0.05) is 7.05 Å². The third-order valence-corrected chi connectivity index (χ3v) is 8.45. The lowest BCUT2D eigenvalue weighted by molar-refractivity contribution is 0.463. The number of halogens is 2. The second-order valence-corrected chi connectivity index (χ2v) is 9.69. The summed E-state index contributed by atoms with van der Waals surface area (Å²) >= 11 is 12.6. The molecule has 0 spiro atoms. The molecule has 3 heterocycles. The minimum absolute atomic E-state index is 0.0167. The molecule has 0 saturated heterocycles. The molecule has 0 aromatic carbocycles. The van der Waals surface area contributed by atoms with Gasteiger partial charge in [-0.05, 0) is 0 Å². The quantitative estimate of drug-likeness (QED) is 0.728. The Morgan fingerprint density at radius 2 is 1.72 bits per heavy atom. The Hall–Kier alpha value is -0.320. The number of fused-ring (bicyclic) bond motifs is 3. The Morgan fingerprint density at radius 3 is 2.33 bits per heavy atom. The van der Waals surface area contributed by atoms with E-state index in [-0.39, 0.29) is 23.4 Å². The third-order valence-electron chi connectivity index (χ3n) is 2.56. The summed E-state index contributed by atoms with van der Waals surface area (Å²) < 4.78 is 53.3. The van der Waals surface area contributed by atoms with Gasteiger partial charge in [0.1, 0.15) is 8.67 Å². The molecular formula is C7H3Cl2NO5S3. The van der Waals surface area contributed by atoms with Gasteiger partial charge in [0.25, 0.3) is 25.1 Å². The van der Waals surface area contributed by atoms with E-state index < -0.39 is 30.0 Å². The van der Waals surface area contributed by atoms with E-state index in [2.05, 4.69) is 0 Å². The number of sulfonamides is 2. The zero-order chi connectivity index (χ0) is 13.5. The number of thiophene rings is 1. The fourth-order valence-electron chi connectivity index (χ4n) is 1.67. The van der Waals surface area contributed by atoms with Crippen LogP contribution in [-0.4, -0.2) is 27.6 Å². The zero-order valence-corrected chi connectivity index (χ0v) is 12.4. The van der Waals surface area contributed by atoms with Crippen LogP contribution in [-0.2, 0) is 20.0 Å². The lowest BCUT2D eigenvalue weighted by atomic mass is 10.4. The van der Waals surface area contributed by atoms with Crippen LogP contribution in [0.15, 0.2) is 14.4 Å². The first-order valence-corrected chi connectivity index (χ1v) is 8.78. The summed E-state index contributed by atoms with van der Waals surface area (Å²) in [6, 6.07) is 0. The number of nitrogens with zero attached hydrogens (tertiary/aromatic N) is 1. The lowest BCUT2D eigenvalue weighted by Crippen LogP contribution is -2.25. The van der Waals surface area contributed by atoms with Gasteiger partial charge in [0.15, 0.2) is 10.5 Å². The van der Waals surface area contributed by atoms with E-state index in [0.29, 0.717) is 0 Å². The molecule has 98 valence electrons. The van der Waals surface area contributed by atoms with Gasteiger partial charge in [-0.2, -0.15) is 0 Å². The molecule has 0 aliphatic carbocycles. The van der Waals surface area contributed by atoms with Gasteiger partial charge in [-0.15, -0.1) is 11.3 Å². The third kappa shape index (κ3) is 1.27. The van der Waals surface area contributed by atoms with Crippen molar-refractivity contribution >= 4 is 65.6 Å². The van der Waals surface area contributed by atoms with E-state index in [0.717, 1.165) is 18.4 Å². The summed E-state index contributed by atoms with van der Waals surface area (Å²) in [5.74, 6) is 0. The SMILES string of the molecule is CN1S(=O)(=O)c2oc3c(Cl)sc(Cl)c3c2S1(=O)=O. The summed E-state index contributed by atoms with van der Waals surface area (Å²) in [7, 11) is -7.42. The van der Waals surface area contributed by atoms with Crippen LogP contribution < -0.4 is 0 Å². The second-order valence-electron chi connectivity index (χ2n) is 3.46. The van der Waals surface area contributed by atoms with Crippen LogP contribution in [0.1, 0.15) is 0 Å². The number of hydrogen-bond acceptors (Lipinski definition) is 6. The average molecular weight is 348 g/mol. The van der Waals surface area contributed by atoms with E-state index in [9.17, 15) is 16.8 Å². The van der Waals surface area contributed by atoms with Crippen molar-refractivity contribution in [1.82, 2.24) is 3.71 Å². The van der Waals surface area contributed by atoms with Crippen molar-refractivity contribution in [2.24, 2.45) is 0 Å². The Bertz CT molecular complexity index is 891. The van der Waals surface area contributed by atoms with Gasteiger partial charge >= 0.3 is 0 Å². The largest absolute Gasteiger partial charge is 0.439 e. The Labute approximate surface area is 116 Å². The number of rotatable bonds is 0. The predicted octanol–water partition coefficient (Wildman–Crippen LogP) is 2.12. The fraction of sp³-hybridized carbons (Fsp3) is 0.143. The first-order chi connectivity index (χ1) is 8.19. The molecule has 0 bridgehead atoms. The topological polar surface area (TPSA) is 84.7 Å². The van der Waals surface area contributed by atoms with Gasteiger partial charge in [-0.1, -0.05) is 26.9 Å². The van der Waals surface area contributed by atoms with Crippen molar-refractivity contribution in [1.29, 1.82) is 0 Å². The van der Waals surface area contributed by atoms with E-state index in [1.807, 2.05) is 0 Å². The van der Waals surface area contributed by atoms with E-state index >= 15 is 0 Å². The monoisotopic (exact) mass is 347 g/mol. The van der Waals surface area contributed by atoms with Gasteiger partial charge in [-0.3, -0.25) is 0 Å². The predicted molar refractivity (Wildman–Crippen MR) is 66.2 cm³/mol. The molecule has 3 rings (SSSR count). The van der Waals surface area contributed by atoms with E-state index in [4.69, 9.17) is 27.6 Å². The van der Waals surface area contributed by atoms with Crippen LogP contribution in [0, 0.1) is 0 Å². The van der Waals surface area contributed by atoms with Gasteiger partial charge in [0.2, 0.25) is 0 Å². The molecule has 1 aliphatic rings. The summed E-state index contributed by atoms with van der Waals surface area (Å²) in [6.07, 6.45) is 0. The number of hydrogen-bond donors (Lipinski definition) is 0. The van der Waals surface area contributed by atoms with Crippen LogP contribution in [0.2, 0.25) is 8.67 Å². The molecule has 2 aromatic rings. The molecule has 0 fully saturated rings. The Kier molecular flexibility index (Phi) is 2.41. The van der Waals surface area contributed by atoms with Crippen molar-refractivity contribution in [3.8, 4) is 0 Å². The maximum absolute atomic E-state index is 12.0. The van der Waals surface area contributed by atoms with Gasteiger partial charge in [0.05, 0.1) is 5.39 Å². The highest BCUT2D eigenvalue weighted by Gasteiger charge is 2.51. The maximum Gasteiger partial charge on any atom is 0.290 e. The Balaban J connectivity index is 2.64. The fourth-order valence-corrected chi connectivity index (χ4v) is 7.19. The van der Waals surface area contributed by atoms with Crippen LogP contribution in [0.25, 0.3) is 11.0 Å². The van der Waals surface area contributed by atoms with Crippen molar-refractivity contribution in [3.63, 3.8) is 0 Å². The number of furan rings is 1.